The minimum atomic E-state index is -0.114. The van der Waals surface area contributed by atoms with Crippen LogP contribution in [-0.4, -0.2) is 27.9 Å². The second-order valence-corrected chi connectivity index (χ2v) is 5.19. The van der Waals surface area contributed by atoms with Gasteiger partial charge in [0.25, 0.3) is 5.56 Å². The fourth-order valence-corrected chi connectivity index (χ4v) is 2.51. The molecule has 2 N–H and O–H groups in total. The van der Waals surface area contributed by atoms with Crippen molar-refractivity contribution >= 4 is 22.2 Å². The van der Waals surface area contributed by atoms with Crippen LogP contribution in [0.25, 0.3) is 0 Å². The Morgan fingerprint density at radius 2 is 2.11 bits per heavy atom. The highest BCUT2D eigenvalue weighted by molar-refractivity contribution is 7.15. The summed E-state index contributed by atoms with van der Waals surface area (Å²) in [6.45, 7) is 6.22. The highest BCUT2D eigenvalue weighted by atomic mass is 32.1. The summed E-state index contributed by atoms with van der Waals surface area (Å²) in [4.78, 5) is 19.0. The van der Waals surface area contributed by atoms with Gasteiger partial charge in [-0.2, -0.15) is 5.10 Å². The number of hydrogen-bond acceptors (Lipinski definition) is 6. The zero-order chi connectivity index (χ0) is 13.8. The van der Waals surface area contributed by atoms with E-state index in [1.807, 2.05) is 0 Å². The molecule has 2 heterocycles. The molecule has 0 bridgehead atoms. The lowest BCUT2D eigenvalue weighted by molar-refractivity contribution is 0.642. The molecule has 7 heteroatoms. The van der Waals surface area contributed by atoms with Crippen molar-refractivity contribution in [2.24, 2.45) is 0 Å². The number of nitrogen functional groups attached to an aromatic ring is 1. The highest BCUT2D eigenvalue weighted by Gasteiger charge is 2.07. The van der Waals surface area contributed by atoms with Gasteiger partial charge in [-0.25, -0.2) is 9.67 Å². The number of aromatic nitrogens is 3. The van der Waals surface area contributed by atoms with Gasteiger partial charge in [-0.05, 0) is 13.8 Å². The van der Waals surface area contributed by atoms with Gasteiger partial charge in [-0.3, -0.25) is 4.79 Å². The highest BCUT2D eigenvalue weighted by Crippen LogP contribution is 2.15. The molecular formula is C12H17N5OS. The van der Waals surface area contributed by atoms with Gasteiger partial charge in [-0.15, -0.1) is 11.3 Å². The molecule has 0 atom stereocenters. The molecule has 0 unspecified atom stereocenters. The number of rotatable bonds is 5. The SMILES string of the molecule is CCN(CC)c1cnn(Cc2cnc(N)s2)c(=O)c1. The zero-order valence-corrected chi connectivity index (χ0v) is 11.9. The quantitative estimate of drug-likeness (QED) is 0.889. The normalized spacial score (nSPS) is 10.6. The van der Waals surface area contributed by atoms with Crippen LogP contribution < -0.4 is 16.2 Å². The Kier molecular flexibility index (Phi) is 4.16. The van der Waals surface area contributed by atoms with E-state index in [4.69, 9.17) is 5.73 Å². The molecule has 0 saturated carbocycles. The fourth-order valence-electron chi connectivity index (χ4n) is 1.85. The summed E-state index contributed by atoms with van der Waals surface area (Å²) < 4.78 is 1.42. The number of nitrogens with two attached hydrogens (primary N) is 1. The van der Waals surface area contributed by atoms with E-state index in [1.165, 1.54) is 16.0 Å². The van der Waals surface area contributed by atoms with Crippen LogP contribution in [0.15, 0.2) is 23.3 Å². The van der Waals surface area contributed by atoms with E-state index >= 15 is 0 Å². The third-order valence-electron chi connectivity index (χ3n) is 2.86. The molecule has 2 aromatic rings. The molecule has 0 aliphatic heterocycles. The van der Waals surface area contributed by atoms with E-state index < -0.39 is 0 Å². The van der Waals surface area contributed by atoms with Crippen LogP contribution in [0, 0.1) is 0 Å². The number of nitrogens with zero attached hydrogens (tertiary/aromatic N) is 4. The first-order valence-electron chi connectivity index (χ1n) is 6.16. The molecule has 102 valence electrons. The monoisotopic (exact) mass is 279 g/mol. The third-order valence-corrected chi connectivity index (χ3v) is 3.67. The Bertz CT molecular complexity index is 602. The molecule has 2 rings (SSSR count). The largest absolute Gasteiger partial charge is 0.375 e. The van der Waals surface area contributed by atoms with Crippen LogP contribution in [0.1, 0.15) is 18.7 Å². The lowest BCUT2D eigenvalue weighted by Crippen LogP contribution is -2.27. The smallest absolute Gasteiger partial charge is 0.269 e. The topological polar surface area (TPSA) is 77.0 Å². The maximum atomic E-state index is 12.0. The number of hydrogen-bond donors (Lipinski definition) is 1. The lowest BCUT2D eigenvalue weighted by atomic mass is 10.4. The molecule has 0 fully saturated rings. The summed E-state index contributed by atoms with van der Waals surface area (Å²) in [5.74, 6) is 0. The van der Waals surface area contributed by atoms with Gasteiger partial charge in [-0.1, -0.05) is 0 Å². The Balaban J connectivity index is 2.22. The van der Waals surface area contributed by atoms with E-state index in [1.54, 1.807) is 18.5 Å². The molecular weight excluding hydrogens is 262 g/mol. The molecule has 0 radical (unpaired) electrons. The van der Waals surface area contributed by atoms with Crippen LogP contribution in [-0.2, 0) is 6.54 Å². The number of anilines is 2. The molecule has 0 saturated heterocycles. The van der Waals surface area contributed by atoms with Gasteiger partial charge in [0.2, 0.25) is 0 Å². The van der Waals surface area contributed by atoms with E-state index in [9.17, 15) is 4.79 Å². The Morgan fingerprint density at radius 3 is 2.63 bits per heavy atom. The molecule has 0 aliphatic rings. The summed E-state index contributed by atoms with van der Waals surface area (Å²) in [6.07, 6.45) is 3.39. The minimum Gasteiger partial charge on any atom is -0.375 e. The van der Waals surface area contributed by atoms with Crippen molar-refractivity contribution in [2.75, 3.05) is 23.7 Å². The third kappa shape index (κ3) is 3.11. The zero-order valence-electron chi connectivity index (χ0n) is 11.0. The van der Waals surface area contributed by atoms with Gasteiger partial charge >= 0.3 is 0 Å². The minimum absolute atomic E-state index is 0.114. The molecule has 0 aromatic carbocycles. The van der Waals surface area contributed by atoms with Gasteiger partial charge in [0.05, 0.1) is 18.4 Å². The first kappa shape index (κ1) is 13.5. The van der Waals surface area contributed by atoms with Crippen molar-refractivity contribution in [3.8, 4) is 0 Å². The van der Waals surface area contributed by atoms with Gasteiger partial charge in [0.1, 0.15) is 0 Å². The maximum Gasteiger partial charge on any atom is 0.269 e. The Morgan fingerprint density at radius 1 is 1.37 bits per heavy atom. The second kappa shape index (κ2) is 5.83. The summed E-state index contributed by atoms with van der Waals surface area (Å²) in [7, 11) is 0. The van der Waals surface area contributed by atoms with Crippen molar-refractivity contribution < 1.29 is 0 Å². The molecule has 19 heavy (non-hydrogen) atoms. The lowest BCUT2D eigenvalue weighted by Gasteiger charge is -2.20. The summed E-state index contributed by atoms with van der Waals surface area (Å²) in [6, 6.07) is 1.62. The van der Waals surface area contributed by atoms with Gasteiger partial charge < -0.3 is 10.6 Å². The Labute approximate surface area is 115 Å². The molecule has 6 nitrogen and oxygen atoms in total. The van der Waals surface area contributed by atoms with Crippen LogP contribution in [0.5, 0.6) is 0 Å². The average molecular weight is 279 g/mol. The van der Waals surface area contributed by atoms with Crippen LogP contribution in [0.2, 0.25) is 0 Å². The summed E-state index contributed by atoms with van der Waals surface area (Å²) >= 11 is 1.37. The maximum absolute atomic E-state index is 12.0. The van der Waals surface area contributed by atoms with Crippen molar-refractivity contribution in [3.63, 3.8) is 0 Å². The molecule has 0 spiro atoms. The molecule has 0 aliphatic carbocycles. The van der Waals surface area contributed by atoms with Crippen molar-refractivity contribution in [3.05, 3.63) is 33.7 Å². The Hall–Kier alpha value is -1.89. The van der Waals surface area contributed by atoms with E-state index in [2.05, 4.69) is 28.8 Å². The first-order valence-corrected chi connectivity index (χ1v) is 6.98. The first-order chi connectivity index (χ1) is 9.13. The predicted molar refractivity (Wildman–Crippen MR) is 77.7 cm³/mol. The standard InChI is InChI=1S/C12H17N5OS/c1-3-16(4-2)9-5-11(18)17(15-6-9)8-10-7-14-12(13)19-10/h5-7H,3-4,8H2,1-2H3,(H2,13,14). The predicted octanol–water partition coefficient (Wildman–Crippen LogP) is 1.18. The van der Waals surface area contributed by atoms with E-state index in [0.29, 0.717) is 11.7 Å². The van der Waals surface area contributed by atoms with Crippen LogP contribution >= 0.6 is 11.3 Å². The van der Waals surface area contributed by atoms with Gasteiger partial charge in [0.15, 0.2) is 5.13 Å². The van der Waals surface area contributed by atoms with E-state index in [-0.39, 0.29) is 5.56 Å². The van der Waals surface area contributed by atoms with Crippen molar-refractivity contribution in [1.82, 2.24) is 14.8 Å². The molecule has 2 aromatic heterocycles. The number of thiazole rings is 1. The van der Waals surface area contributed by atoms with Crippen LogP contribution in [0.4, 0.5) is 10.8 Å². The van der Waals surface area contributed by atoms with E-state index in [0.717, 1.165) is 23.7 Å². The second-order valence-electron chi connectivity index (χ2n) is 4.05. The average Bonchev–Trinajstić information content (AvgIpc) is 2.80. The van der Waals surface area contributed by atoms with Crippen molar-refractivity contribution in [1.29, 1.82) is 0 Å². The van der Waals surface area contributed by atoms with Gasteiger partial charge in [0, 0.05) is 30.2 Å². The van der Waals surface area contributed by atoms with Crippen LogP contribution in [0.3, 0.4) is 0 Å². The fraction of sp³-hybridized carbons (Fsp3) is 0.417. The summed E-state index contributed by atoms with van der Waals surface area (Å²) in [5.41, 5.74) is 6.31. The molecule has 0 amide bonds. The van der Waals surface area contributed by atoms with Crippen molar-refractivity contribution in [2.45, 2.75) is 20.4 Å². The summed E-state index contributed by atoms with van der Waals surface area (Å²) in [5, 5.41) is 4.70.